The second-order valence-corrected chi connectivity index (χ2v) is 4.45. The SMILES string of the molecule is CCN1CCc2c(C3CC3)cccc21. The zero-order valence-corrected chi connectivity index (χ0v) is 8.79. The van der Waals surface area contributed by atoms with Crippen LogP contribution in [0.4, 0.5) is 5.69 Å². The van der Waals surface area contributed by atoms with Gasteiger partial charge in [0.25, 0.3) is 0 Å². The summed E-state index contributed by atoms with van der Waals surface area (Å²) in [7, 11) is 0. The molecular weight excluding hydrogens is 170 g/mol. The molecule has 0 radical (unpaired) electrons. The fraction of sp³-hybridized carbons (Fsp3) is 0.538. The molecule has 74 valence electrons. The van der Waals surface area contributed by atoms with Gasteiger partial charge in [0, 0.05) is 18.8 Å². The van der Waals surface area contributed by atoms with Crippen LogP contribution >= 0.6 is 0 Å². The van der Waals surface area contributed by atoms with Crippen molar-refractivity contribution >= 4 is 5.69 Å². The molecule has 0 saturated heterocycles. The predicted octanol–water partition coefficient (Wildman–Crippen LogP) is 2.95. The number of hydrogen-bond donors (Lipinski definition) is 0. The summed E-state index contributed by atoms with van der Waals surface area (Å²) in [6.45, 7) is 4.63. The molecule has 1 aromatic rings. The van der Waals surface area contributed by atoms with Gasteiger partial charge in [-0.2, -0.15) is 0 Å². The topological polar surface area (TPSA) is 3.24 Å². The maximum Gasteiger partial charge on any atom is 0.0402 e. The van der Waals surface area contributed by atoms with Crippen molar-refractivity contribution in [3.05, 3.63) is 29.3 Å². The van der Waals surface area contributed by atoms with E-state index in [1.807, 2.05) is 0 Å². The Morgan fingerprint density at radius 1 is 1.36 bits per heavy atom. The third-order valence-corrected chi connectivity index (χ3v) is 3.56. The average Bonchev–Trinajstić information content (AvgIpc) is 2.97. The van der Waals surface area contributed by atoms with Crippen molar-refractivity contribution in [3.8, 4) is 0 Å². The molecule has 1 fully saturated rings. The Bertz CT molecular complexity index is 352. The van der Waals surface area contributed by atoms with Gasteiger partial charge in [-0.1, -0.05) is 12.1 Å². The monoisotopic (exact) mass is 187 g/mol. The van der Waals surface area contributed by atoms with Gasteiger partial charge in [0.1, 0.15) is 0 Å². The van der Waals surface area contributed by atoms with Gasteiger partial charge in [-0.15, -0.1) is 0 Å². The van der Waals surface area contributed by atoms with Crippen molar-refractivity contribution in [2.45, 2.75) is 32.1 Å². The summed E-state index contributed by atoms with van der Waals surface area (Å²) in [6.07, 6.45) is 4.11. The van der Waals surface area contributed by atoms with Crippen molar-refractivity contribution in [2.75, 3.05) is 18.0 Å². The Kier molecular flexibility index (Phi) is 1.79. The van der Waals surface area contributed by atoms with E-state index in [9.17, 15) is 0 Å². The fourth-order valence-corrected chi connectivity index (χ4v) is 2.63. The van der Waals surface area contributed by atoms with Crippen LogP contribution in [0.25, 0.3) is 0 Å². The molecule has 0 spiro atoms. The number of fused-ring (bicyclic) bond motifs is 1. The van der Waals surface area contributed by atoms with Gasteiger partial charge in [-0.25, -0.2) is 0 Å². The second kappa shape index (κ2) is 3.01. The number of hydrogen-bond acceptors (Lipinski definition) is 1. The van der Waals surface area contributed by atoms with E-state index in [0.717, 1.165) is 12.5 Å². The fourth-order valence-electron chi connectivity index (χ4n) is 2.63. The zero-order chi connectivity index (χ0) is 9.54. The molecule has 1 aromatic carbocycles. The van der Waals surface area contributed by atoms with Crippen LogP contribution in [0.2, 0.25) is 0 Å². The van der Waals surface area contributed by atoms with Gasteiger partial charge < -0.3 is 4.90 Å². The molecule has 1 nitrogen and oxygen atoms in total. The van der Waals surface area contributed by atoms with Gasteiger partial charge >= 0.3 is 0 Å². The third kappa shape index (κ3) is 1.15. The molecule has 1 heteroatoms. The molecule has 0 unspecified atom stereocenters. The molecule has 1 saturated carbocycles. The van der Waals surface area contributed by atoms with Crippen molar-refractivity contribution < 1.29 is 0 Å². The minimum Gasteiger partial charge on any atom is -0.371 e. The van der Waals surface area contributed by atoms with Crippen LogP contribution in [0.1, 0.15) is 36.8 Å². The van der Waals surface area contributed by atoms with Crippen LogP contribution in [-0.4, -0.2) is 13.1 Å². The summed E-state index contributed by atoms with van der Waals surface area (Å²) in [4.78, 5) is 2.50. The number of likely N-dealkylation sites (N-methyl/N-ethyl adjacent to an activating group) is 1. The van der Waals surface area contributed by atoms with Gasteiger partial charge in [0.15, 0.2) is 0 Å². The highest BCUT2D eigenvalue weighted by Crippen LogP contribution is 2.45. The number of nitrogens with zero attached hydrogens (tertiary/aromatic N) is 1. The van der Waals surface area contributed by atoms with Crippen LogP contribution in [0.15, 0.2) is 18.2 Å². The largest absolute Gasteiger partial charge is 0.371 e. The Morgan fingerprint density at radius 2 is 2.21 bits per heavy atom. The summed E-state index contributed by atoms with van der Waals surface area (Å²) >= 11 is 0. The highest BCUT2D eigenvalue weighted by Gasteiger charge is 2.29. The molecular formula is C13H17N. The van der Waals surface area contributed by atoms with E-state index < -0.39 is 0 Å². The smallest absolute Gasteiger partial charge is 0.0402 e. The molecule has 1 aliphatic heterocycles. The first-order chi connectivity index (χ1) is 6.90. The van der Waals surface area contributed by atoms with E-state index in [0.29, 0.717) is 0 Å². The number of benzene rings is 1. The second-order valence-electron chi connectivity index (χ2n) is 4.45. The molecule has 0 N–H and O–H groups in total. The van der Waals surface area contributed by atoms with Gasteiger partial charge in [-0.3, -0.25) is 0 Å². The van der Waals surface area contributed by atoms with Gasteiger partial charge in [0.05, 0.1) is 0 Å². The first kappa shape index (κ1) is 8.34. The normalized spacial score (nSPS) is 19.9. The quantitative estimate of drug-likeness (QED) is 0.688. The lowest BCUT2D eigenvalue weighted by Crippen LogP contribution is -2.18. The Morgan fingerprint density at radius 3 is 2.93 bits per heavy atom. The van der Waals surface area contributed by atoms with E-state index in [1.165, 1.54) is 31.5 Å². The van der Waals surface area contributed by atoms with E-state index in [2.05, 4.69) is 30.0 Å². The molecule has 3 rings (SSSR count). The maximum atomic E-state index is 2.50. The van der Waals surface area contributed by atoms with E-state index in [-0.39, 0.29) is 0 Å². The van der Waals surface area contributed by atoms with Gasteiger partial charge in [0.2, 0.25) is 0 Å². The number of anilines is 1. The molecule has 1 heterocycles. The predicted molar refractivity (Wildman–Crippen MR) is 60.0 cm³/mol. The Hall–Kier alpha value is -0.980. The van der Waals surface area contributed by atoms with E-state index in [4.69, 9.17) is 0 Å². The maximum absolute atomic E-state index is 2.50. The van der Waals surface area contributed by atoms with Crippen LogP contribution in [0, 0.1) is 0 Å². The summed E-state index contributed by atoms with van der Waals surface area (Å²) in [6, 6.07) is 6.87. The van der Waals surface area contributed by atoms with Crippen molar-refractivity contribution in [1.29, 1.82) is 0 Å². The minimum atomic E-state index is 0.904. The molecule has 0 aromatic heterocycles. The highest BCUT2D eigenvalue weighted by atomic mass is 15.1. The minimum absolute atomic E-state index is 0.904. The molecule has 0 amide bonds. The molecule has 14 heavy (non-hydrogen) atoms. The first-order valence-corrected chi connectivity index (χ1v) is 5.77. The molecule has 1 aliphatic carbocycles. The average molecular weight is 187 g/mol. The summed E-state index contributed by atoms with van der Waals surface area (Å²) in [5.41, 5.74) is 4.81. The summed E-state index contributed by atoms with van der Waals surface area (Å²) in [5, 5.41) is 0. The zero-order valence-electron chi connectivity index (χ0n) is 8.79. The third-order valence-electron chi connectivity index (χ3n) is 3.56. The summed E-state index contributed by atoms with van der Waals surface area (Å²) in [5.74, 6) is 0.904. The van der Waals surface area contributed by atoms with Crippen LogP contribution in [-0.2, 0) is 6.42 Å². The van der Waals surface area contributed by atoms with Crippen molar-refractivity contribution in [1.82, 2.24) is 0 Å². The van der Waals surface area contributed by atoms with Crippen LogP contribution < -0.4 is 4.90 Å². The standard InChI is InChI=1S/C13H17N/c1-2-14-9-8-12-11(10-6-7-10)4-3-5-13(12)14/h3-5,10H,2,6-9H2,1H3. The summed E-state index contributed by atoms with van der Waals surface area (Å²) < 4.78 is 0. The van der Waals surface area contributed by atoms with E-state index in [1.54, 1.807) is 11.1 Å². The van der Waals surface area contributed by atoms with Crippen LogP contribution in [0.5, 0.6) is 0 Å². The molecule has 2 aliphatic rings. The lowest BCUT2D eigenvalue weighted by molar-refractivity contribution is 0.866. The Labute approximate surface area is 85.7 Å². The lowest BCUT2D eigenvalue weighted by Gasteiger charge is -2.16. The van der Waals surface area contributed by atoms with E-state index >= 15 is 0 Å². The van der Waals surface area contributed by atoms with Gasteiger partial charge in [-0.05, 0) is 49.3 Å². The van der Waals surface area contributed by atoms with Crippen molar-refractivity contribution in [2.24, 2.45) is 0 Å². The molecule has 0 atom stereocenters. The molecule has 0 bridgehead atoms. The highest BCUT2D eigenvalue weighted by molar-refractivity contribution is 5.61. The number of rotatable bonds is 2. The lowest BCUT2D eigenvalue weighted by atomic mass is 10.0. The van der Waals surface area contributed by atoms with Crippen molar-refractivity contribution in [3.63, 3.8) is 0 Å². The Balaban J connectivity index is 2.05. The first-order valence-electron chi connectivity index (χ1n) is 5.77. The van der Waals surface area contributed by atoms with Crippen LogP contribution in [0.3, 0.4) is 0 Å².